The van der Waals surface area contributed by atoms with Gasteiger partial charge in [0.25, 0.3) is 0 Å². The molecule has 0 aliphatic carbocycles. The molecule has 0 radical (unpaired) electrons. The van der Waals surface area contributed by atoms with Crippen LogP contribution in [0.4, 0.5) is 0 Å². The normalized spacial score (nSPS) is 18.1. The minimum Gasteiger partial charge on any atom is -0.337 e. The maximum atomic E-state index is 5.39. The molecule has 0 unspecified atom stereocenters. The van der Waals surface area contributed by atoms with Crippen LogP contribution in [-0.2, 0) is 0 Å². The molecule has 2 aromatic rings. The number of hydrogen-bond donors (Lipinski definition) is 0. The Morgan fingerprint density at radius 1 is 1.17 bits per heavy atom. The average Bonchev–Trinajstić information content (AvgIpc) is 3.10. The second-order valence-electron chi connectivity index (χ2n) is 4.74. The third-order valence-electron chi connectivity index (χ3n) is 3.52. The molecule has 0 saturated carbocycles. The third kappa shape index (κ3) is 2.16. The SMILES string of the molecule is C[C@H](c1nc(-c2ccccc2)no1)N1CCCC1. The Balaban J connectivity index is 1.81. The molecule has 94 valence electrons. The molecule has 0 bridgehead atoms. The van der Waals surface area contributed by atoms with E-state index in [4.69, 9.17) is 4.52 Å². The van der Waals surface area contributed by atoms with Gasteiger partial charge in [-0.2, -0.15) is 4.98 Å². The van der Waals surface area contributed by atoms with Crippen LogP contribution in [0.25, 0.3) is 11.4 Å². The summed E-state index contributed by atoms with van der Waals surface area (Å²) in [7, 11) is 0. The summed E-state index contributed by atoms with van der Waals surface area (Å²) in [4.78, 5) is 6.90. The summed E-state index contributed by atoms with van der Waals surface area (Å²) in [5.41, 5.74) is 1.00. The Morgan fingerprint density at radius 3 is 2.61 bits per heavy atom. The third-order valence-corrected chi connectivity index (χ3v) is 3.52. The second-order valence-corrected chi connectivity index (χ2v) is 4.74. The van der Waals surface area contributed by atoms with Gasteiger partial charge in [0.05, 0.1) is 6.04 Å². The van der Waals surface area contributed by atoms with E-state index < -0.39 is 0 Å². The largest absolute Gasteiger partial charge is 0.337 e. The monoisotopic (exact) mass is 243 g/mol. The van der Waals surface area contributed by atoms with Gasteiger partial charge >= 0.3 is 0 Å². The summed E-state index contributed by atoms with van der Waals surface area (Å²) < 4.78 is 5.39. The van der Waals surface area contributed by atoms with E-state index >= 15 is 0 Å². The molecule has 4 heteroatoms. The van der Waals surface area contributed by atoms with Crippen molar-refractivity contribution in [2.75, 3.05) is 13.1 Å². The van der Waals surface area contributed by atoms with Crippen LogP contribution in [0.2, 0.25) is 0 Å². The highest BCUT2D eigenvalue weighted by atomic mass is 16.5. The minimum atomic E-state index is 0.220. The van der Waals surface area contributed by atoms with Crippen LogP contribution in [0.3, 0.4) is 0 Å². The van der Waals surface area contributed by atoms with E-state index in [0.29, 0.717) is 5.82 Å². The molecule has 18 heavy (non-hydrogen) atoms. The van der Waals surface area contributed by atoms with E-state index in [1.807, 2.05) is 30.3 Å². The molecular weight excluding hydrogens is 226 g/mol. The standard InChI is InChI=1S/C14H17N3O/c1-11(17-9-5-6-10-17)14-15-13(16-18-14)12-7-3-2-4-8-12/h2-4,7-8,11H,5-6,9-10H2,1H3/t11-/m1/s1. The summed E-state index contributed by atoms with van der Waals surface area (Å²) in [5.74, 6) is 1.40. The first kappa shape index (κ1) is 11.4. The maximum Gasteiger partial charge on any atom is 0.244 e. The second kappa shape index (κ2) is 4.90. The minimum absolute atomic E-state index is 0.220. The molecule has 0 N–H and O–H groups in total. The first-order chi connectivity index (χ1) is 8.84. The molecule has 1 aromatic carbocycles. The van der Waals surface area contributed by atoms with Crippen molar-refractivity contribution < 1.29 is 4.52 Å². The van der Waals surface area contributed by atoms with Crippen molar-refractivity contribution in [2.45, 2.75) is 25.8 Å². The Hall–Kier alpha value is -1.68. The lowest BCUT2D eigenvalue weighted by Crippen LogP contribution is -2.23. The molecule has 1 aromatic heterocycles. The topological polar surface area (TPSA) is 42.2 Å². The number of benzene rings is 1. The van der Waals surface area contributed by atoms with Crippen molar-refractivity contribution in [3.8, 4) is 11.4 Å². The fourth-order valence-electron chi connectivity index (χ4n) is 2.39. The van der Waals surface area contributed by atoms with Gasteiger partial charge < -0.3 is 4.52 Å². The quantitative estimate of drug-likeness (QED) is 0.831. The number of nitrogens with zero attached hydrogens (tertiary/aromatic N) is 3. The van der Waals surface area contributed by atoms with Crippen molar-refractivity contribution in [3.63, 3.8) is 0 Å². The molecule has 1 aliphatic rings. The molecule has 1 aliphatic heterocycles. The molecule has 4 nitrogen and oxygen atoms in total. The summed E-state index contributed by atoms with van der Waals surface area (Å²) in [5, 5.41) is 4.07. The van der Waals surface area contributed by atoms with Crippen LogP contribution in [0, 0.1) is 0 Å². The lowest BCUT2D eigenvalue weighted by molar-refractivity contribution is 0.209. The van der Waals surface area contributed by atoms with E-state index in [1.54, 1.807) is 0 Å². The van der Waals surface area contributed by atoms with Crippen LogP contribution < -0.4 is 0 Å². The van der Waals surface area contributed by atoms with E-state index in [2.05, 4.69) is 22.0 Å². The highest BCUT2D eigenvalue weighted by molar-refractivity contribution is 5.53. The summed E-state index contributed by atoms with van der Waals surface area (Å²) >= 11 is 0. The zero-order valence-corrected chi connectivity index (χ0v) is 10.5. The number of aromatic nitrogens is 2. The van der Waals surface area contributed by atoms with Gasteiger partial charge in [-0.3, -0.25) is 4.90 Å². The highest BCUT2D eigenvalue weighted by Crippen LogP contribution is 2.25. The lowest BCUT2D eigenvalue weighted by Gasteiger charge is -2.19. The van der Waals surface area contributed by atoms with Crippen molar-refractivity contribution in [3.05, 3.63) is 36.2 Å². The Morgan fingerprint density at radius 2 is 1.89 bits per heavy atom. The molecule has 1 fully saturated rings. The molecule has 0 spiro atoms. The average molecular weight is 243 g/mol. The van der Waals surface area contributed by atoms with Gasteiger partial charge in [0.15, 0.2) is 0 Å². The predicted octanol–water partition coefficient (Wildman–Crippen LogP) is 2.89. The first-order valence-electron chi connectivity index (χ1n) is 6.47. The molecule has 0 amide bonds. The Bertz CT molecular complexity index is 503. The predicted molar refractivity (Wildman–Crippen MR) is 69.0 cm³/mol. The van der Waals surface area contributed by atoms with Crippen LogP contribution in [0.1, 0.15) is 31.7 Å². The molecule has 1 saturated heterocycles. The highest BCUT2D eigenvalue weighted by Gasteiger charge is 2.24. The fourth-order valence-corrected chi connectivity index (χ4v) is 2.39. The first-order valence-corrected chi connectivity index (χ1v) is 6.47. The summed E-state index contributed by atoms with van der Waals surface area (Å²) in [6, 6.07) is 10.2. The summed E-state index contributed by atoms with van der Waals surface area (Å²) in [6.07, 6.45) is 2.54. The van der Waals surface area contributed by atoms with E-state index in [-0.39, 0.29) is 6.04 Å². The van der Waals surface area contributed by atoms with Crippen molar-refractivity contribution >= 4 is 0 Å². The van der Waals surface area contributed by atoms with Gasteiger partial charge in [-0.1, -0.05) is 35.5 Å². The number of hydrogen-bond acceptors (Lipinski definition) is 4. The van der Waals surface area contributed by atoms with E-state index in [0.717, 1.165) is 24.5 Å². The smallest absolute Gasteiger partial charge is 0.244 e. The number of rotatable bonds is 3. The lowest BCUT2D eigenvalue weighted by atomic mass is 10.2. The van der Waals surface area contributed by atoms with Crippen LogP contribution in [0.15, 0.2) is 34.9 Å². The van der Waals surface area contributed by atoms with E-state index in [9.17, 15) is 0 Å². The van der Waals surface area contributed by atoms with Gasteiger partial charge in [-0.25, -0.2) is 0 Å². The van der Waals surface area contributed by atoms with Gasteiger partial charge in [-0.05, 0) is 32.9 Å². The molecule has 3 rings (SSSR count). The fraction of sp³-hybridized carbons (Fsp3) is 0.429. The van der Waals surface area contributed by atoms with Crippen LogP contribution >= 0.6 is 0 Å². The zero-order valence-electron chi connectivity index (χ0n) is 10.5. The van der Waals surface area contributed by atoms with Gasteiger partial charge in [0.1, 0.15) is 0 Å². The molecular formula is C14H17N3O. The van der Waals surface area contributed by atoms with Crippen LogP contribution in [0.5, 0.6) is 0 Å². The molecule has 2 heterocycles. The Kier molecular flexibility index (Phi) is 3.11. The van der Waals surface area contributed by atoms with E-state index in [1.165, 1.54) is 12.8 Å². The van der Waals surface area contributed by atoms with Crippen molar-refractivity contribution in [1.82, 2.24) is 15.0 Å². The van der Waals surface area contributed by atoms with Gasteiger partial charge in [-0.15, -0.1) is 0 Å². The van der Waals surface area contributed by atoms with Crippen molar-refractivity contribution in [1.29, 1.82) is 0 Å². The van der Waals surface area contributed by atoms with Crippen molar-refractivity contribution in [2.24, 2.45) is 0 Å². The zero-order chi connectivity index (χ0) is 12.4. The summed E-state index contributed by atoms with van der Waals surface area (Å²) in [6.45, 7) is 4.39. The van der Waals surface area contributed by atoms with Crippen LogP contribution in [-0.4, -0.2) is 28.1 Å². The maximum absolute atomic E-state index is 5.39. The Labute approximate surface area is 107 Å². The molecule has 1 atom stereocenters. The number of likely N-dealkylation sites (tertiary alicyclic amines) is 1. The van der Waals surface area contributed by atoms with Gasteiger partial charge in [0, 0.05) is 5.56 Å². The van der Waals surface area contributed by atoms with Gasteiger partial charge in [0.2, 0.25) is 11.7 Å².